The normalized spacial score (nSPS) is 29.6. The summed E-state index contributed by atoms with van der Waals surface area (Å²) in [4.78, 5) is 2.07. The quantitative estimate of drug-likeness (QED) is 0.638. The Morgan fingerprint density at radius 1 is 1.64 bits per heavy atom. The van der Waals surface area contributed by atoms with Gasteiger partial charge in [0.1, 0.15) is 0 Å². The molecule has 62 valence electrons. The third-order valence-corrected chi connectivity index (χ3v) is 2.34. The average Bonchev–Trinajstić information content (AvgIpc) is 1.98. The second-order valence-electron chi connectivity index (χ2n) is 3.10. The molecule has 0 aromatic rings. The van der Waals surface area contributed by atoms with Crippen LogP contribution in [0.5, 0.6) is 0 Å². The van der Waals surface area contributed by atoms with Gasteiger partial charge >= 0.3 is 0 Å². The van der Waals surface area contributed by atoms with Crippen molar-refractivity contribution in [3.05, 3.63) is 0 Å². The minimum Gasteiger partial charge on any atom is -0.391 e. The topological polar surface area (TPSA) is 47.3 Å². The fourth-order valence-corrected chi connectivity index (χ4v) is 1.37. The molecule has 0 amide bonds. The van der Waals surface area contributed by atoms with Gasteiger partial charge in [0.15, 0.2) is 0 Å². The molecular formula is C8H14N2O. The first-order valence-electron chi connectivity index (χ1n) is 4.01. The summed E-state index contributed by atoms with van der Waals surface area (Å²) in [5, 5.41) is 17.6. The molecule has 11 heavy (non-hydrogen) atoms. The van der Waals surface area contributed by atoms with Crippen molar-refractivity contribution < 1.29 is 5.11 Å². The Kier molecular flexibility index (Phi) is 2.86. The van der Waals surface area contributed by atoms with Gasteiger partial charge in [0.05, 0.1) is 12.2 Å². The Morgan fingerprint density at radius 2 is 2.36 bits per heavy atom. The lowest BCUT2D eigenvalue weighted by Gasteiger charge is -2.39. The van der Waals surface area contributed by atoms with Crippen molar-refractivity contribution in [2.75, 3.05) is 13.6 Å². The largest absolute Gasteiger partial charge is 0.391 e. The zero-order chi connectivity index (χ0) is 8.27. The number of aliphatic hydroxyl groups excluding tert-OH is 1. The molecule has 0 spiro atoms. The molecule has 0 unspecified atom stereocenters. The summed E-state index contributed by atoms with van der Waals surface area (Å²) in [5.41, 5.74) is 0. The van der Waals surface area contributed by atoms with Crippen molar-refractivity contribution >= 4 is 0 Å². The number of aliphatic hydroxyl groups is 1. The van der Waals surface area contributed by atoms with Crippen LogP contribution in [-0.4, -0.2) is 35.7 Å². The van der Waals surface area contributed by atoms with Crippen LogP contribution in [0.4, 0.5) is 0 Å². The molecule has 0 radical (unpaired) electrons. The number of rotatable bonds is 3. The minimum atomic E-state index is -0.154. The fourth-order valence-electron chi connectivity index (χ4n) is 1.37. The molecule has 0 aliphatic heterocycles. The molecule has 1 aliphatic rings. The van der Waals surface area contributed by atoms with Crippen molar-refractivity contribution in [1.29, 1.82) is 5.26 Å². The average molecular weight is 154 g/mol. The molecule has 0 heterocycles. The third kappa shape index (κ3) is 1.92. The number of nitriles is 1. The van der Waals surface area contributed by atoms with Gasteiger partial charge in [-0.05, 0) is 19.9 Å². The molecule has 1 aliphatic carbocycles. The summed E-state index contributed by atoms with van der Waals surface area (Å²) in [6.45, 7) is 0.776. The predicted octanol–water partition coefficient (Wildman–Crippen LogP) is 0.355. The van der Waals surface area contributed by atoms with E-state index in [2.05, 4.69) is 11.0 Å². The molecule has 0 saturated heterocycles. The van der Waals surface area contributed by atoms with E-state index in [0.29, 0.717) is 12.5 Å². The van der Waals surface area contributed by atoms with Crippen LogP contribution in [0.25, 0.3) is 0 Å². The molecular weight excluding hydrogens is 140 g/mol. The highest BCUT2D eigenvalue weighted by atomic mass is 16.3. The van der Waals surface area contributed by atoms with E-state index in [0.717, 1.165) is 19.4 Å². The maximum atomic E-state index is 9.25. The molecule has 1 saturated carbocycles. The molecule has 3 nitrogen and oxygen atoms in total. The first kappa shape index (κ1) is 8.51. The molecule has 1 fully saturated rings. The van der Waals surface area contributed by atoms with Crippen molar-refractivity contribution in [2.45, 2.75) is 31.4 Å². The van der Waals surface area contributed by atoms with Crippen LogP contribution >= 0.6 is 0 Å². The number of hydrogen-bond acceptors (Lipinski definition) is 3. The lowest BCUT2D eigenvalue weighted by molar-refractivity contribution is -0.00882. The number of nitrogens with zero attached hydrogens (tertiary/aromatic N) is 2. The van der Waals surface area contributed by atoms with Crippen molar-refractivity contribution in [2.24, 2.45) is 0 Å². The second kappa shape index (κ2) is 3.70. The summed E-state index contributed by atoms with van der Waals surface area (Å²) in [7, 11) is 1.96. The highest BCUT2D eigenvalue weighted by molar-refractivity contribution is 4.88. The Morgan fingerprint density at radius 3 is 2.73 bits per heavy atom. The highest BCUT2D eigenvalue weighted by Gasteiger charge is 2.31. The smallest absolute Gasteiger partial charge is 0.0695 e. The van der Waals surface area contributed by atoms with E-state index in [9.17, 15) is 5.11 Å². The fraction of sp³-hybridized carbons (Fsp3) is 0.875. The van der Waals surface area contributed by atoms with Gasteiger partial charge in [-0.15, -0.1) is 0 Å². The molecule has 0 bridgehead atoms. The van der Waals surface area contributed by atoms with Crippen LogP contribution < -0.4 is 0 Å². The van der Waals surface area contributed by atoms with Gasteiger partial charge in [-0.3, -0.25) is 4.90 Å². The molecule has 1 N–H and O–H groups in total. The van der Waals surface area contributed by atoms with E-state index in [1.165, 1.54) is 0 Å². The zero-order valence-electron chi connectivity index (χ0n) is 6.82. The molecule has 0 aromatic carbocycles. The van der Waals surface area contributed by atoms with Crippen molar-refractivity contribution in [3.63, 3.8) is 0 Å². The van der Waals surface area contributed by atoms with Gasteiger partial charge in [0.25, 0.3) is 0 Å². The molecule has 3 heteroatoms. The van der Waals surface area contributed by atoms with E-state index in [-0.39, 0.29) is 6.10 Å². The standard InChI is InChI=1S/C8H14N2O/c1-10(6-2-5-9)7-3-4-8(7)11/h7-8,11H,2-4,6H2,1H3/t7-,8-/m1/s1. The van der Waals surface area contributed by atoms with Gasteiger partial charge in [-0.2, -0.15) is 5.26 Å². The Balaban J connectivity index is 2.19. The van der Waals surface area contributed by atoms with E-state index >= 15 is 0 Å². The van der Waals surface area contributed by atoms with Crippen LogP contribution in [-0.2, 0) is 0 Å². The zero-order valence-corrected chi connectivity index (χ0v) is 6.82. The molecule has 1 rings (SSSR count). The molecule has 0 aromatic heterocycles. The SMILES string of the molecule is CN(CCC#N)[C@@H]1CC[C@H]1O. The van der Waals surface area contributed by atoms with Crippen LogP contribution in [0.2, 0.25) is 0 Å². The van der Waals surface area contributed by atoms with Gasteiger partial charge in [-0.25, -0.2) is 0 Å². The van der Waals surface area contributed by atoms with E-state index < -0.39 is 0 Å². The first-order valence-corrected chi connectivity index (χ1v) is 4.01. The van der Waals surface area contributed by atoms with E-state index in [1.54, 1.807) is 0 Å². The summed E-state index contributed by atoms with van der Waals surface area (Å²) in [5.74, 6) is 0. The Hall–Kier alpha value is -0.590. The number of hydrogen-bond donors (Lipinski definition) is 1. The van der Waals surface area contributed by atoms with Crippen LogP contribution in [0.3, 0.4) is 0 Å². The predicted molar refractivity (Wildman–Crippen MR) is 41.9 cm³/mol. The minimum absolute atomic E-state index is 0.154. The van der Waals surface area contributed by atoms with Crippen LogP contribution in [0.15, 0.2) is 0 Å². The summed E-state index contributed by atoms with van der Waals surface area (Å²) >= 11 is 0. The summed E-state index contributed by atoms with van der Waals surface area (Å²) in [6, 6.07) is 2.40. The van der Waals surface area contributed by atoms with Gasteiger partial charge in [-0.1, -0.05) is 0 Å². The van der Waals surface area contributed by atoms with E-state index in [1.807, 2.05) is 7.05 Å². The maximum absolute atomic E-state index is 9.25. The monoisotopic (exact) mass is 154 g/mol. The summed E-state index contributed by atoms with van der Waals surface area (Å²) < 4.78 is 0. The lowest BCUT2D eigenvalue weighted by atomic mass is 9.88. The Bertz CT molecular complexity index is 164. The van der Waals surface area contributed by atoms with Crippen molar-refractivity contribution in [3.8, 4) is 6.07 Å². The van der Waals surface area contributed by atoms with Gasteiger partial charge in [0, 0.05) is 19.0 Å². The molecule has 2 atom stereocenters. The van der Waals surface area contributed by atoms with Crippen LogP contribution in [0.1, 0.15) is 19.3 Å². The van der Waals surface area contributed by atoms with E-state index in [4.69, 9.17) is 5.26 Å². The lowest BCUT2D eigenvalue weighted by Crippen LogP contribution is -2.48. The van der Waals surface area contributed by atoms with Gasteiger partial charge in [0.2, 0.25) is 0 Å². The third-order valence-electron chi connectivity index (χ3n) is 2.34. The highest BCUT2D eigenvalue weighted by Crippen LogP contribution is 2.24. The maximum Gasteiger partial charge on any atom is 0.0695 e. The van der Waals surface area contributed by atoms with Crippen molar-refractivity contribution in [1.82, 2.24) is 4.90 Å². The Labute approximate surface area is 67.2 Å². The van der Waals surface area contributed by atoms with Crippen LogP contribution in [0, 0.1) is 11.3 Å². The number of likely N-dealkylation sites (N-methyl/N-ethyl adjacent to an activating group) is 1. The second-order valence-corrected chi connectivity index (χ2v) is 3.10. The summed E-state index contributed by atoms with van der Waals surface area (Å²) in [6.07, 6.45) is 2.39. The first-order chi connectivity index (χ1) is 5.25. The van der Waals surface area contributed by atoms with Gasteiger partial charge < -0.3 is 5.11 Å².